The van der Waals surface area contributed by atoms with Crippen LogP contribution in [0.4, 0.5) is 5.69 Å². The Kier molecular flexibility index (Phi) is 3.97. The molecule has 2 fully saturated rings. The summed E-state index contributed by atoms with van der Waals surface area (Å²) >= 11 is 9.40. The van der Waals surface area contributed by atoms with E-state index >= 15 is 0 Å². The first-order chi connectivity index (χ1) is 10.0. The Balaban J connectivity index is 2.01. The van der Waals surface area contributed by atoms with Gasteiger partial charge in [0.2, 0.25) is 5.91 Å². The van der Waals surface area contributed by atoms with Crippen LogP contribution < -0.4 is 4.90 Å². The predicted molar refractivity (Wildman–Crippen MR) is 85.5 cm³/mol. The van der Waals surface area contributed by atoms with Crippen LogP contribution in [0.15, 0.2) is 22.7 Å². The smallest absolute Gasteiger partial charge is 0.250 e. The van der Waals surface area contributed by atoms with Crippen molar-refractivity contribution in [3.63, 3.8) is 0 Å². The number of nitrogens with zero attached hydrogens (tertiary/aromatic N) is 2. The Morgan fingerprint density at radius 3 is 2.71 bits per heavy atom. The molecule has 0 spiro atoms. The number of rotatable bonds is 1. The van der Waals surface area contributed by atoms with E-state index in [9.17, 15) is 9.59 Å². The lowest BCUT2D eigenvalue weighted by atomic mass is 9.95. The van der Waals surface area contributed by atoms with Crippen LogP contribution in [0.1, 0.15) is 26.2 Å². The van der Waals surface area contributed by atoms with Crippen molar-refractivity contribution in [1.29, 1.82) is 0 Å². The molecule has 2 saturated heterocycles. The van der Waals surface area contributed by atoms with Crippen LogP contribution in [0.2, 0.25) is 5.02 Å². The molecule has 2 heterocycles. The Hall–Kier alpha value is -1.07. The van der Waals surface area contributed by atoms with E-state index < -0.39 is 6.04 Å². The molecule has 4 nitrogen and oxygen atoms in total. The maximum atomic E-state index is 12.8. The van der Waals surface area contributed by atoms with Gasteiger partial charge >= 0.3 is 0 Å². The van der Waals surface area contributed by atoms with Crippen molar-refractivity contribution in [3.05, 3.63) is 27.7 Å². The first kappa shape index (κ1) is 14.9. The van der Waals surface area contributed by atoms with E-state index in [0.717, 1.165) is 23.7 Å². The summed E-state index contributed by atoms with van der Waals surface area (Å²) in [6.07, 6.45) is 2.72. The Labute approximate surface area is 137 Å². The van der Waals surface area contributed by atoms with Crippen molar-refractivity contribution < 1.29 is 9.59 Å². The molecule has 0 saturated carbocycles. The molecule has 0 radical (unpaired) electrons. The van der Waals surface area contributed by atoms with Gasteiger partial charge in [-0.1, -0.05) is 11.6 Å². The second kappa shape index (κ2) is 5.61. The van der Waals surface area contributed by atoms with Gasteiger partial charge in [-0.05, 0) is 60.3 Å². The molecule has 112 valence electrons. The molecular weight excluding hydrogens is 356 g/mol. The third-order valence-corrected chi connectivity index (χ3v) is 5.09. The number of fused-ring (bicyclic) bond motifs is 1. The molecular formula is C15H16BrClN2O2. The van der Waals surface area contributed by atoms with Gasteiger partial charge in [-0.3, -0.25) is 14.5 Å². The standard InChI is InChI=1S/C15H16BrClN2O2/c1-9-14(20)18-7-3-2-4-13(18)15(21)19(9)12-6-5-10(17)8-11(12)16/h5-6,8-9,13H,2-4,7H2,1H3. The molecule has 0 aromatic heterocycles. The van der Waals surface area contributed by atoms with E-state index in [4.69, 9.17) is 11.6 Å². The minimum absolute atomic E-state index is 0.00447. The van der Waals surface area contributed by atoms with Gasteiger partial charge in [0.15, 0.2) is 0 Å². The number of piperazine rings is 1. The predicted octanol–water partition coefficient (Wildman–Crippen LogP) is 3.22. The lowest BCUT2D eigenvalue weighted by Crippen LogP contribution is -2.65. The molecule has 0 N–H and O–H groups in total. The SMILES string of the molecule is CC1C(=O)N2CCCCC2C(=O)N1c1ccc(Cl)cc1Br. The molecule has 6 heteroatoms. The first-order valence-electron chi connectivity index (χ1n) is 7.09. The van der Waals surface area contributed by atoms with Crippen molar-refractivity contribution in [2.75, 3.05) is 11.4 Å². The fourth-order valence-corrected chi connectivity index (χ4v) is 4.03. The second-order valence-corrected chi connectivity index (χ2v) is 6.81. The summed E-state index contributed by atoms with van der Waals surface area (Å²) in [7, 11) is 0. The highest BCUT2D eigenvalue weighted by atomic mass is 79.9. The van der Waals surface area contributed by atoms with Gasteiger partial charge in [-0.25, -0.2) is 0 Å². The van der Waals surface area contributed by atoms with Crippen LogP contribution in [0.5, 0.6) is 0 Å². The highest BCUT2D eigenvalue weighted by Gasteiger charge is 2.45. The molecule has 0 bridgehead atoms. The summed E-state index contributed by atoms with van der Waals surface area (Å²) in [6.45, 7) is 2.47. The van der Waals surface area contributed by atoms with Crippen LogP contribution in [0, 0.1) is 0 Å². The number of carbonyl (C=O) groups is 2. The highest BCUT2D eigenvalue weighted by molar-refractivity contribution is 9.10. The van der Waals surface area contributed by atoms with Crippen molar-refractivity contribution >= 4 is 45.0 Å². The third kappa shape index (κ3) is 2.46. The number of halogens is 2. The maximum absolute atomic E-state index is 12.8. The van der Waals surface area contributed by atoms with E-state index in [2.05, 4.69) is 15.9 Å². The quantitative estimate of drug-likeness (QED) is 0.760. The molecule has 1 aromatic carbocycles. The topological polar surface area (TPSA) is 40.6 Å². The normalized spacial score (nSPS) is 26.0. The molecule has 0 aliphatic carbocycles. The van der Waals surface area contributed by atoms with Gasteiger partial charge in [-0.15, -0.1) is 0 Å². The van der Waals surface area contributed by atoms with E-state index in [-0.39, 0.29) is 17.9 Å². The van der Waals surface area contributed by atoms with Crippen LogP contribution in [0.3, 0.4) is 0 Å². The number of benzene rings is 1. The molecule has 2 amide bonds. The molecule has 3 rings (SSSR count). The summed E-state index contributed by atoms with van der Waals surface area (Å²) in [6, 6.07) is 4.47. The number of anilines is 1. The van der Waals surface area contributed by atoms with Crippen molar-refractivity contribution in [1.82, 2.24) is 4.90 Å². The van der Waals surface area contributed by atoms with E-state index in [1.54, 1.807) is 34.9 Å². The van der Waals surface area contributed by atoms with E-state index in [0.29, 0.717) is 17.3 Å². The number of amides is 2. The fourth-order valence-electron chi connectivity index (χ4n) is 3.16. The highest BCUT2D eigenvalue weighted by Crippen LogP contribution is 2.35. The van der Waals surface area contributed by atoms with Gasteiger partial charge in [0, 0.05) is 16.0 Å². The van der Waals surface area contributed by atoms with Crippen LogP contribution in [-0.2, 0) is 9.59 Å². The number of hydrogen-bond acceptors (Lipinski definition) is 2. The van der Waals surface area contributed by atoms with Gasteiger partial charge in [0.05, 0.1) is 5.69 Å². The Morgan fingerprint density at radius 1 is 1.24 bits per heavy atom. The lowest BCUT2D eigenvalue weighted by Gasteiger charge is -2.46. The number of carbonyl (C=O) groups excluding carboxylic acids is 2. The van der Waals surface area contributed by atoms with Crippen LogP contribution in [-0.4, -0.2) is 35.3 Å². The van der Waals surface area contributed by atoms with Crippen molar-refractivity contribution in [3.8, 4) is 0 Å². The van der Waals surface area contributed by atoms with Gasteiger partial charge in [0.1, 0.15) is 12.1 Å². The summed E-state index contributed by atoms with van der Waals surface area (Å²) in [5.74, 6) is 0.0333. The average molecular weight is 372 g/mol. The van der Waals surface area contributed by atoms with E-state index in [1.165, 1.54) is 0 Å². The van der Waals surface area contributed by atoms with Gasteiger partial charge in [-0.2, -0.15) is 0 Å². The Bertz CT molecular complexity index is 607. The van der Waals surface area contributed by atoms with Crippen molar-refractivity contribution in [2.45, 2.75) is 38.3 Å². The maximum Gasteiger partial charge on any atom is 0.250 e. The van der Waals surface area contributed by atoms with E-state index in [1.807, 2.05) is 0 Å². The first-order valence-corrected chi connectivity index (χ1v) is 8.26. The second-order valence-electron chi connectivity index (χ2n) is 5.52. The van der Waals surface area contributed by atoms with Crippen LogP contribution >= 0.6 is 27.5 Å². The summed E-state index contributed by atoms with van der Waals surface area (Å²) < 4.78 is 0.729. The molecule has 2 unspecified atom stereocenters. The summed E-state index contributed by atoms with van der Waals surface area (Å²) in [4.78, 5) is 28.7. The molecule has 2 atom stereocenters. The Morgan fingerprint density at radius 2 is 2.00 bits per heavy atom. The number of piperidine rings is 1. The molecule has 1 aromatic rings. The lowest BCUT2D eigenvalue weighted by molar-refractivity contribution is -0.147. The fraction of sp³-hybridized carbons (Fsp3) is 0.467. The average Bonchev–Trinajstić information content (AvgIpc) is 2.47. The summed E-state index contributed by atoms with van der Waals surface area (Å²) in [5.41, 5.74) is 0.704. The molecule has 21 heavy (non-hydrogen) atoms. The zero-order chi connectivity index (χ0) is 15.1. The third-order valence-electron chi connectivity index (χ3n) is 4.22. The molecule has 2 aliphatic heterocycles. The zero-order valence-corrected chi connectivity index (χ0v) is 14.0. The van der Waals surface area contributed by atoms with Gasteiger partial charge < -0.3 is 4.90 Å². The van der Waals surface area contributed by atoms with Crippen molar-refractivity contribution in [2.24, 2.45) is 0 Å². The minimum Gasteiger partial charge on any atom is -0.329 e. The molecule has 2 aliphatic rings. The zero-order valence-electron chi connectivity index (χ0n) is 11.7. The minimum atomic E-state index is -0.482. The summed E-state index contributed by atoms with van der Waals surface area (Å²) in [5, 5.41) is 0.591. The largest absolute Gasteiger partial charge is 0.329 e. The number of hydrogen-bond donors (Lipinski definition) is 0. The monoisotopic (exact) mass is 370 g/mol. The van der Waals surface area contributed by atoms with Crippen LogP contribution in [0.25, 0.3) is 0 Å². The van der Waals surface area contributed by atoms with Gasteiger partial charge in [0.25, 0.3) is 5.91 Å².